The highest BCUT2D eigenvalue weighted by Crippen LogP contribution is 2.52. The van der Waals surface area contributed by atoms with Crippen LogP contribution in [-0.4, -0.2) is 5.91 Å². The molecule has 1 atom stereocenters. The van der Waals surface area contributed by atoms with Gasteiger partial charge in [-0.05, 0) is 37.3 Å². The Kier molecular flexibility index (Phi) is 2.53. The van der Waals surface area contributed by atoms with Crippen LogP contribution in [0, 0.1) is 25.2 Å². The summed E-state index contributed by atoms with van der Waals surface area (Å²) in [5.74, 6) is 0.352. The molecule has 0 aromatic heterocycles. The third-order valence-corrected chi connectivity index (χ3v) is 3.47. The number of aryl methyl sites for hydroxylation is 2. The second-order valence-corrected chi connectivity index (χ2v) is 5.55. The van der Waals surface area contributed by atoms with Crippen LogP contribution in [0.15, 0.2) is 18.2 Å². The molecule has 1 aromatic carbocycles. The fourth-order valence-corrected chi connectivity index (χ4v) is 2.09. The minimum absolute atomic E-state index is 0.164. The van der Waals surface area contributed by atoms with Crippen molar-refractivity contribution in [1.29, 1.82) is 0 Å². The Bertz CT molecular complexity index is 434. The van der Waals surface area contributed by atoms with Gasteiger partial charge < -0.3 is 5.32 Å². The molecule has 0 saturated heterocycles. The molecule has 2 nitrogen and oxygen atoms in total. The molecule has 2 heteroatoms. The van der Waals surface area contributed by atoms with Gasteiger partial charge in [0.2, 0.25) is 5.91 Å². The first-order valence-electron chi connectivity index (χ1n) is 5.78. The van der Waals surface area contributed by atoms with Crippen LogP contribution in [0.2, 0.25) is 0 Å². The Morgan fingerprint density at radius 3 is 2.50 bits per heavy atom. The fourth-order valence-electron chi connectivity index (χ4n) is 2.09. The Labute approximate surface area is 97.1 Å². The quantitative estimate of drug-likeness (QED) is 0.809. The first-order valence-corrected chi connectivity index (χ1v) is 5.78. The molecular weight excluding hydrogens is 198 g/mol. The van der Waals surface area contributed by atoms with Crippen molar-refractivity contribution in [3.8, 4) is 0 Å². The largest absolute Gasteiger partial charge is 0.326 e. The number of hydrogen-bond donors (Lipinski definition) is 1. The topological polar surface area (TPSA) is 29.1 Å². The van der Waals surface area contributed by atoms with Crippen molar-refractivity contribution in [2.24, 2.45) is 11.3 Å². The van der Waals surface area contributed by atoms with Crippen molar-refractivity contribution in [3.63, 3.8) is 0 Å². The predicted octanol–water partition coefficient (Wildman–Crippen LogP) is 3.29. The second kappa shape index (κ2) is 3.62. The van der Waals surface area contributed by atoms with Gasteiger partial charge >= 0.3 is 0 Å². The second-order valence-electron chi connectivity index (χ2n) is 5.55. The van der Waals surface area contributed by atoms with E-state index in [1.807, 2.05) is 19.1 Å². The molecule has 2 rings (SSSR count). The molecule has 86 valence electrons. The van der Waals surface area contributed by atoms with E-state index in [9.17, 15) is 4.79 Å². The molecule has 1 N–H and O–H groups in total. The van der Waals surface area contributed by atoms with E-state index in [-0.39, 0.29) is 17.2 Å². The zero-order valence-electron chi connectivity index (χ0n) is 10.4. The van der Waals surface area contributed by atoms with E-state index in [1.54, 1.807) is 0 Å². The number of nitrogens with one attached hydrogen (secondary N) is 1. The summed E-state index contributed by atoms with van der Waals surface area (Å²) in [6.45, 7) is 8.36. The average molecular weight is 217 g/mol. The molecule has 1 aliphatic carbocycles. The third kappa shape index (κ3) is 2.11. The summed E-state index contributed by atoms with van der Waals surface area (Å²) in [4.78, 5) is 11.9. The third-order valence-electron chi connectivity index (χ3n) is 3.47. The first kappa shape index (κ1) is 11.2. The maximum absolute atomic E-state index is 11.9. The van der Waals surface area contributed by atoms with Gasteiger partial charge in [0.15, 0.2) is 0 Å². The average Bonchev–Trinajstić information content (AvgIpc) is 2.80. The number of carbonyl (C=O) groups excluding carboxylic acids is 1. The highest BCUT2D eigenvalue weighted by Gasteiger charge is 2.50. The predicted molar refractivity (Wildman–Crippen MR) is 66.4 cm³/mol. The maximum Gasteiger partial charge on any atom is 0.228 e. The van der Waals surface area contributed by atoms with Crippen LogP contribution in [0.1, 0.15) is 31.4 Å². The van der Waals surface area contributed by atoms with Gasteiger partial charge in [0.25, 0.3) is 0 Å². The lowest BCUT2D eigenvalue weighted by atomic mass is 10.1. The number of carbonyl (C=O) groups is 1. The molecule has 16 heavy (non-hydrogen) atoms. The summed E-state index contributed by atoms with van der Waals surface area (Å²) in [7, 11) is 0. The number of benzene rings is 1. The molecule has 0 radical (unpaired) electrons. The summed E-state index contributed by atoms with van der Waals surface area (Å²) >= 11 is 0. The fraction of sp³-hybridized carbons (Fsp3) is 0.500. The van der Waals surface area contributed by atoms with Gasteiger partial charge in [0.05, 0.1) is 0 Å². The minimum Gasteiger partial charge on any atom is -0.326 e. The van der Waals surface area contributed by atoms with Gasteiger partial charge in [-0.15, -0.1) is 0 Å². The standard InChI is InChI=1S/C14H19NO/c1-9-5-6-12(10(2)7-9)15-13(16)11-8-14(11,3)4/h5-7,11H,8H2,1-4H3,(H,15,16). The molecule has 1 unspecified atom stereocenters. The summed E-state index contributed by atoms with van der Waals surface area (Å²) in [6.07, 6.45) is 1.00. The van der Waals surface area contributed by atoms with Gasteiger partial charge in [0, 0.05) is 11.6 Å². The van der Waals surface area contributed by atoms with E-state index < -0.39 is 0 Å². The first-order chi connectivity index (χ1) is 7.40. The van der Waals surface area contributed by atoms with E-state index in [0.29, 0.717) is 0 Å². The molecule has 1 amide bonds. The van der Waals surface area contributed by atoms with E-state index in [0.717, 1.165) is 17.7 Å². The van der Waals surface area contributed by atoms with Crippen molar-refractivity contribution in [3.05, 3.63) is 29.3 Å². The van der Waals surface area contributed by atoms with E-state index in [4.69, 9.17) is 0 Å². The molecule has 0 aliphatic heterocycles. The summed E-state index contributed by atoms with van der Waals surface area (Å²) in [5, 5.41) is 3.02. The van der Waals surface area contributed by atoms with Crippen molar-refractivity contribution < 1.29 is 4.79 Å². The van der Waals surface area contributed by atoms with Gasteiger partial charge in [-0.2, -0.15) is 0 Å². The number of hydrogen-bond acceptors (Lipinski definition) is 1. The molecule has 1 aliphatic rings. The Hall–Kier alpha value is -1.31. The molecular formula is C14H19NO. The lowest BCUT2D eigenvalue weighted by Crippen LogP contribution is -2.17. The van der Waals surface area contributed by atoms with Gasteiger partial charge in [-0.1, -0.05) is 31.5 Å². The van der Waals surface area contributed by atoms with E-state index in [2.05, 4.69) is 32.2 Å². The van der Waals surface area contributed by atoms with E-state index >= 15 is 0 Å². The highest BCUT2D eigenvalue weighted by atomic mass is 16.2. The number of amides is 1. The van der Waals surface area contributed by atoms with Gasteiger partial charge in [-0.25, -0.2) is 0 Å². The van der Waals surface area contributed by atoms with Gasteiger partial charge in [0.1, 0.15) is 0 Å². The summed E-state index contributed by atoms with van der Waals surface area (Å²) in [5.41, 5.74) is 3.50. The lowest BCUT2D eigenvalue weighted by Gasteiger charge is -2.09. The molecule has 1 saturated carbocycles. The lowest BCUT2D eigenvalue weighted by molar-refractivity contribution is -0.118. The van der Waals surface area contributed by atoms with E-state index in [1.165, 1.54) is 5.56 Å². The highest BCUT2D eigenvalue weighted by molar-refractivity contribution is 5.95. The van der Waals surface area contributed by atoms with Gasteiger partial charge in [-0.3, -0.25) is 4.79 Å². The summed E-state index contributed by atoms with van der Waals surface area (Å²) in [6, 6.07) is 6.10. The van der Waals surface area contributed by atoms with Crippen LogP contribution in [0.3, 0.4) is 0 Å². The molecule has 1 fully saturated rings. The maximum atomic E-state index is 11.9. The van der Waals surface area contributed by atoms with Crippen molar-refractivity contribution in [1.82, 2.24) is 0 Å². The van der Waals surface area contributed by atoms with Crippen LogP contribution >= 0.6 is 0 Å². The molecule has 1 aromatic rings. The van der Waals surface area contributed by atoms with Crippen molar-refractivity contribution in [2.45, 2.75) is 34.1 Å². The van der Waals surface area contributed by atoms with Crippen molar-refractivity contribution in [2.75, 3.05) is 5.32 Å². The number of rotatable bonds is 2. The smallest absolute Gasteiger partial charge is 0.228 e. The van der Waals surface area contributed by atoms with Crippen LogP contribution in [-0.2, 0) is 4.79 Å². The Morgan fingerprint density at radius 2 is 2.00 bits per heavy atom. The Balaban J connectivity index is 2.07. The zero-order valence-corrected chi connectivity index (χ0v) is 10.4. The molecule has 0 heterocycles. The normalized spacial score (nSPS) is 21.6. The van der Waals surface area contributed by atoms with Crippen LogP contribution < -0.4 is 5.32 Å². The molecule has 0 bridgehead atoms. The number of anilines is 1. The monoisotopic (exact) mass is 217 g/mol. The van der Waals surface area contributed by atoms with Crippen LogP contribution in [0.25, 0.3) is 0 Å². The van der Waals surface area contributed by atoms with Crippen LogP contribution in [0.5, 0.6) is 0 Å². The molecule has 0 spiro atoms. The SMILES string of the molecule is Cc1ccc(NC(=O)C2CC2(C)C)c(C)c1. The van der Waals surface area contributed by atoms with Crippen LogP contribution in [0.4, 0.5) is 5.69 Å². The van der Waals surface area contributed by atoms with Crippen molar-refractivity contribution >= 4 is 11.6 Å². The zero-order chi connectivity index (χ0) is 11.9. The minimum atomic E-state index is 0.164. The Morgan fingerprint density at radius 1 is 1.38 bits per heavy atom. The summed E-state index contributed by atoms with van der Waals surface area (Å²) < 4.78 is 0.